The Morgan fingerprint density at radius 2 is 1.50 bits per heavy atom. The molecule has 0 radical (unpaired) electrons. The fraction of sp³-hybridized carbons (Fsp3) is 0.455. The van der Waals surface area contributed by atoms with Gasteiger partial charge in [0.2, 0.25) is 0 Å². The molecule has 1 aromatic rings. The molecule has 1 rings (SSSR count). The van der Waals surface area contributed by atoms with E-state index in [1.54, 1.807) is 9.26 Å². The van der Waals surface area contributed by atoms with Crippen LogP contribution in [-0.4, -0.2) is 20.4 Å². The smallest absolute Gasteiger partial charge is 0.168 e. The van der Waals surface area contributed by atoms with Gasteiger partial charge < -0.3 is 0 Å². The van der Waals surface area contributed by atoms with Gasteiger partial charge in [-0.05, 0) is 38.8 Å². The summed E-state index contributed by atoms with van der Waals surface area (Å²) in [6.07, 6.45) is 0. The highest BCUT2D eigenvalue weighted by Gasteiger charge is 2.05. The first-order valence-corrected chi connectivity index (χ1v) is 6.76. The van der Waals surface area contributed by atoms with Gasteiger partial charge in [0.25, 0.3) is 0 Å². The highest BCUT2D eigenvalue weighted by molar-refractivity contribution is 6.53. The van der Waals surface area contributed by atoms with Crippen molar-refractivity contribution in [1.82, 2.24) is 0 Å². The van der Waals surface area contributed by atoms with E-state index in [4.69, 9.17) is 0 Å². The zero-order chi connectivity index (χ0) is 9.30. The van der Waals surface area contributed by atoms with Crippen LogP contribution in [0.25, 0.3) is 0 Å². The van der Waals surface area contributed by atoms with Crippen LogP contribution in [0.3, 0.4) is 0 Å². The average Bonchev–Trinajstić information content (AvgIpc) is 2.01. The second kappa shape index (κ2) is 3.80. The maximum atomic E-state index is 2.37. The van der Waals surface area contributed by atoms with Crippen LogP contribution in [0.15, 0.2) is 6.07 Å². The summed E-state index contributed by atoms with van der Waals surface area (Å²) in [6, 6.07) is 2.33. The van der Waals surface area contributed by atoms with Gasteiger partial charge in [-0.2, -0.15) is 3.69 Å². The van der Waals surface area contributed by atoms with E-state index in [-0.39, 0.29) is 20.4 Å². The third kappa shape index (κ3) is 1.67. The van der Waals surface area contributed by atoms with E-state index in [0.717, 1.165) is 0 Å². The molecule has 0 spiro atoms. The molecule has 0 saturated carbocycles. The molecule has 0 fully saturated rings. The van der Waals surface area contributed by atoms with E-state index in [1.165, 1.54) is 16.7 Å². The fourth-order valence-electron chi connectivity index (χ4n) is 1.88. The fourth-order valence-corrected chi connectivity index (χ4v) is 3.34. The second-order valence-corrected chi connectivity index (χ2v) is 5.01. The van der Waals surface area contributed by atoms with E-state index < -0.39 is 0 Å². The van der Waals surface area contributed by atoms with E-state index in [2.05, 4.69) is 38.8 Å². The summed E-state index contributed by atoms with van der Waals surface area (Å²) in [5, 5.41) is 2.37. The summed E-state index contributed by atoms with van der Waals surface area (Å²) in [4.78, 5) is 0. The Labute approximate surface area is 85.1 Å². The van der Waals surface area contributed by atoms with Gasteiger partial charge in [-0.15, -0.1) is 5.05 Å². The molecule has 1 aromatic carbocycles. The van der Waals surface area contributed by atoms with Crippen LogP contribution < -0.4 is 3.69 Å². The van der Waals surface area contributed by atoms with Crippen molar-refractivity contribution in [2.24, 2.45) is 0 Å². The molecule has 0 unspecified atom stereocenters. The Hall–Kier alpha value is -0.0138. The average molecular weight is 173 g/mol. The van der Waals surface area contributed by atoms with Crippen molar-refractivity contribution >= 4 is 24.1 Å². The van der Waals surface area contributed by atoms with Crippen molar-refractivity contribution in [2.45, 2.75) is 32.7 Å². The molecule has 0 nitrogen and oxygen atoms in total. The Kier molecular flexibility index (Phi) is 3.19. The third-order valence-corrected chi connectivity index (χ3v) is 4.66. The van der Waals surface area contributed by atoms with Crippen LogP contribution in [0.4, 0.5) is 0 Å². The first-order valence-electron chi connectivity index (χ1n) is 4.64. The van der Waals surface area contributed by atoms with Gasteiger partial charge in [-0.3, -0.25) is 0 Å². The SMILES string of the molecule is [CH3][Mg][c]1c(C)cc(C)c(C)c1C. The summed E-state index contributed by atoms with van der Waals surface area (Å²) in [7, 11) is 0. The Balaban J connectivity index is 3.40. The molecule has 0 atom stereocenters. The predicted octanol–water partition coefficient (Wildman–Crippen LogP) is 2.30. The van der Waals surface area contributed by atoms with Crippen LogP contribution >= 0.6 is 0 Å². The minimum Gasteiger partial charge on any atom is -0.168 e. The normalized spacial score (nSPS) is 9.75. The van der Waals surface area contributed by atoms with Crippen molar-refractivity contribution in [1.29, 1.82) is 0 Å². The lowest BCUT2D eigenvalue weighted by atomic mass is 10.0. The molecule has 0 bridgehead atoms. The van der Waals surface area contributed by atoms with Crippen molar-refractivity contribution in [3.8, 4) is 0 Å². The largest absolute Gasteiger partial charge is 0.405 e. The molecule has 0 amide bonds. The first kappa shape index (κ1) is 10.1. The van der Waals surface area contributed by atoms with Crippen LogP contribution in [-0.2, 0) is 0 Å². The Bertz CT molecular complexity index is 300. The van der Waals surface area contributed by atoms with Gasteiger partial charge in [0, 0.05) is 0 Å². The van der Waals surface area contributed by atoms with Crippen molar-refractivity contribution < 1.29 is 0 Å². The number of hydrogen-bond donors (Lipinski definition) is 0. The van der Waals surface area contributed by atoms with Crippen LogP contribution in [0.5, 0.6) is 0 Å². The molecule has 0 aliphatic heterocycles. The molecular weight excluding hydrogens is 156 g/mol. The summed E-state index contributed by atoms with van der Waals surface area (Å²) < 4.78 is 1.66. The number of hydrogen-bond acceptors (Lipinski definition) is 0. The minimum atomic E-state index is -0.00398. The summed E-state index contributed by atoms with van der Waals surface area (Å²) in [6.45, 7) is 8.94. The molecule has 0 saturated heterocycles. The number of aryl methyl sites for hydroxylation is 2. The minimum absolute atomic E-state index is 0.00398. The van der Waals surface area contributed by atoms with Crippen molar-refractivity contribution in [3.63, 3.8) is 0 Å². The summed E-state index contributed by atoms with van der Waals surface area (Å²) in [5.74, 6) is 0. The monoisotopic (exact) mass is 172 g/mol. The van der Waals surface area contributed by atoms with Gasteiger partial charge in [-0.25, -0.2) is 0 Å². The maximum Gasteiger partial charge on any atom is 0.405 e. The molecule has 12 heavy (non-hydrogen) atoms. The van der Waals surface area contributed by atoms with Crippen LogP contribution in [0.2, 0.25) is 5.05 Å². The standard InChI is InChI=1S/C10H13.CH3.Mg/c1-7-5-8(2)10(4)9(3)6-7;;/h5H,1-4H3;1H3;. The summed E-state index contributed by atoms with van der Waals surface area (Å²) in [5.41, 5.74) is 5.98. The predicted molar refractivity (Wildman–Crippen MR) is 56.6 cm³/mol. The van der Waals surface area contributed by atoms with Gasteiger partial charge in [-0.1, -0.05) is 17.2 Å². The van der Waals surface area contributed by atoms with Crippen LogP contribution in [0.1, 0.15) is 22.3 Å². The maximum absolute atomic E-state index is 2.37. The molecule has 0 aliphatic carbocycles. The zero-order valence-electron chi connectivity index (χ0n) is 8.78. The second-order valence-electron chi connectivity index (χ2n) is 3.59. The third-order valence-electron chi connectivity index (χ3n) is 2.87. The molecule has 62 valence electrons. The topological polar surface area (TPSA) is 0 Å². The van der Waals surface area contributed by atoms with E-state index in [9.17, 15) is 0 Å². The highest BCUT2D eigenvalue weighted by atomic mass is 24.5. The number of benzene rings is 1. The highest BCUT2D eigenvalue weighted by Crippen LogP contribution is 2.12. The van der Waals surface area contributed by atoms with Crippen molar-refractivity contribution in [2.75, 3.05) is 0 Å². The van der Waals surface area contributed by atoms with E-state index in [1.807, 2.05) is 0 Å². The number of rotatable bonds is 1. The van der Waals surface area contributed by atoms with Gasteiger partial charge in [0.1, 0.15) is 0 Å². The van der Waals surface area contributed by atoms with Gasteiger partial charge in [0.05, 0.1) is 0 Å². The molecule has 0 heterocycles. The lowest BCUT2D eigenvalue weighted by Crippen LogP contribution is -2.20. The van der Waals surface area contributed by atoms with Gasteiger partial charge in [0.15, 0.2) is 0 Å². The molecule has 0 N–H and O–H groups in total. The van der Waals surface area contributed by atoms with E-state index >= 15 is 0 Å². The Morgan fingerprint density at radius 3 is 2.00 bits per heavy atom. The van der Waals surface area contributed by atoms with Gasteiger partial charge >= 0.3 is 20.4 Å². The Morgan fingerprint density at radius 1 is 0.917 bits per heavy atom. The molecule has 0 aliphatic rings. The quantitative estimate of drug-likeness (QED) is 0.571. The van der Waals surface area contributed by atoms with E-state index in [0.29, 0.717) is 0 Å². The molecular formula is C11H16Mg. The first-order chi connectivity index (χ1) is 5.57. The zero-order valence-corrected chi connectivity index (χ0v) is 10.2. The van der Waals surface area contributed by atoms with Crippen LogP contribution in [0, 0.1) is 27.7 Å². The lowest BCUT2D eigenvalue weighted by molar-refractivity contribution is 1.26. The summed E-state index contributed by atoms with van der Waals surface area (Å²) >= 11 is -0.00398. The van der Waals surface area contributed by atoms with Crippen molar-refractivity contribution in [3.05, 3.63) is 28.3 Å². The lowest BCUT2D eigenvalue weighted by Gasteiger charge is -2.13. The molecule has 1 heteroatoms. The molecule has 0 aromatic heterocycles.